The summed E-state index contributed by atoms with van der Waals surface area (Å²) in [5, 5.41) is 7.57. The van der Waals surface area contributed by atoms with Crippen molar-refractivity contribution in [2.24, 2.45) is 10.3 Å². The second-order valence-corrected chi connectivity index (χ2v) is 6.91. The molecule has 0 aromatic rings. The van der Waals surface area contributed by atoms with Gasteiger partial charge in [-0.05, 0) is 0 Å². The lowest BCUT2D eigenvalue weighted by atomic mass is 10.4. The molecule has 0 N–H and O–H groups in total. The van der Waals surface area contributed by atoms with Crippen molar-refractivity contribution in [2.75, 3.05) is 68.6 Å². The molecule has 0 heterocycles. The number of rotatable bonds is 11. The Hall–Kier alpha value is -1.14. The second kappa shape index (κ2) is 9.72. The molecule has 0 saturated carbocycles. The quantitative estimate of drug-likeness (QED) is 0.248. The van der Waals surface area contributed by atoms with Gasteiger partial charge in [-0.25, -0.2) is 0 Å². The van der Waals surface area contributed by atoms with Gasteiger partial charge in [-0.3, -0.25) is 0 Å². The Kier molecular flexibility index (Phi) is 9.16. The number of hydrogen-bond donors (Lipinski definition) is 0. The van der Waals surface area contributed by atoms with Gasteiger partial charge in [0.15, 0.2) is 0 Å². The minimum absolute atomic E-state index is 0.629. The van der Waals surface area contributed by atoms with Crippen LogP contribution in [-0.2, 0) is 9.68 Å². The van der Waals surface area contributed by atoms with E-state index in [1.54, 1.807) is 0 Å². The summed E-state index contributed by atoms with van der Waals surface area (Å²) in [7, 11) is 13.0. The van der Waals surface area contributed by atoms with E-state index in [1.807, 2.05) is 0 Å². The first-order chi connectivity index (χ1) is 9.21. The molecular formula is C14H32N4O2+2. The Bertz CT molecular complexity index is 261. The molecular weight excluding hydrogens is 256 g/mol. The summed E-state index contributed by atoms with van der Waals surface area (Å²) in [5.41, 5.74) is 0. The molecule has 0 saturated heterocycles. The molecule has 0 atom stereocenters. The van der Waals surface area contributed by atoms with Crippen LogP contribution in [0.3, 0.4) is 0 Å². The predicted octanol–water partition coefficient (Wildman–Crippen LogP) is 1.18. The highest BCUT2D eigenvalue weighted by atomic mass is 16.6. The van der Waals surface area contributed by atoms with Crippen LogP contribution in [0.5, 0.6) is 0 Å². The summed E-state index contributed by atoms with van der Waals surface area (Å²) >= 11 is 0. The molecule has 0 aromatic carbocycles. The van der Waals surface area contributed by atoms with E-state index in [-0.39, 0.29) is 0 Å². The van der Waals surface area contributed by atoms with Gasteiger partial charge >= 0.3 is 0 Å². The predicted molar refractivity (Wildman–Crippen MR) is 83.9 cm³/mol. The van der Waals surface area contributed by atoms with Gasteiger partial charge in [-0.1, -0.05) is 10.3 Å². The number of oxime groups is 2. The third-order valence-corrected chi connectivity index (χ3v) is 2.47. The zero-order valence-corrected chi connectivity index (χ0v) is 14.0. The molecule has 0 spiro atoms. The van der Waals surface area contributed by atoms with Crippen LogP contribution < -0.4 is 0 Å². The Balaban J connectivity index is 3.40. The number of nitrogens with zero attached hydrogens (tertiary/aromatic N) is 4. The Labute approximate surface area is 123 Å². The van der Waals surface area contributed by atoms with Gasteiger partial charge in [0.1, 0.15) is 13.2 Å². The van der Waals surface area contributed by atoms with E-state index in [4.69, 9.17) is 9.68 Å². The van der Waals surface area contributed by atoms with Crippen molar-refractivity contribution in [3.05, 3.63) is 0 Å². The van der Waals surface area contributed by atoms with Crippen LogP contribution in [0.25, 0.3) is 0 Å². The lowest BCUT2D eigenvalue weighted by Gasteiger charge is -2.23. The third kappa shape index (κ3) is 16.9. The molecule has 0 fully saturated rings. The SMILES string of the molecule is C[N+](C)(C)CCCO/N=C\C=N/OCCC[N+](C)(C)C. The van der Waals surface area contributed by atoms with E-state index in [9.17, 15) is 0 Å². The molecule has 0 bridgehead atoms. The Morgan fingerprint density at radius 2 is 1.05 bits per heavy atom. The zero-order chi connectivity index (χ0) is 15.5. The molecule has 0 aromatic heterocycles. The minimum Gasteiger partial charge on any atom is -0.396 e. The van der Waals surface area contributed by atoms with Gasteiger partial charge in [0.05, 0.1) is 67.8 Å². The highest BCUT2D eigenvalue weighted by Crippen LogP contribution is 1.94. The van der Waals surface area contributed by atoms with E-state index in [1.165, 1.54) is 12.4 Å². The summed E-state index contributed by atoms with van der Waals surface area (Å²) in [4.78, 5) is 10.2. The summed E-state index contributed by atoms with van der Waals surface area (Å²) in [6.07, 6.45) is 4.98. The molecule has 6 heteroatoms. The van der Waals surface area contributed by atoms with E-state index in [0.717, 1.165) is 34.9 Å². The van der Waals surface area contributed by atoms with Gasteiger partial charge in [-0.2, -0.15) is 0 Å². The second-order valence-electron chi connectivity index (χ2n) is 6.91. The van der Waals surface area contributed by atoms with Gasteiger partial charge in [0.25, 0.3) is 0 Å². The maximum absolute atomic E-state index is 5.11. The molecule has 0 aliphatic rings. The lowest BCUT2D eigenvalue weighted by molar-refractivity contribution is -0.870. The molecule has 6 nitrogen and oxygen atoms in total. The number of hydrogen-bond acceptors (Lipinski definition) is 4. The third-order valence-electron chi connectivity index (χ3n) is 2.47. The fraction of sp³-hybridized carbons (Fsp3) is 0.857. The lowest BCUT2D eigenvalue weighted by Crippen LogP contribution is -2.35. The molecule has 20 heavy (non-hydrogen) atoms. The molecule has 0 rings (SSSR count). The van der Waals surface area contributed by atoms with Crippen molar-refractivity contribution in [3.8, 4) is 0 Å². The van der Waals surface area contributed by atoms with Crippen LogP contribution in [0.4, 0.5) is 0 Å². The van der Waals surface area contributed by atoms with Gasteiger partial charge < -0.3 is 18.6 Å². The summed E-state index contributed by atoms with van der Waals surface area (Å²) in [6.45, 7) is 3.40. The fourth-order valence-electron chi connectivity index (χ4n) is 1.45. The van der Waals surface area contributed by atoms with E-state index >= 15 is 0 Å². The first-order valence-corrected chi connectivity index (χ1v) is 7.11. The first kappa shape index (κ1) is 18.9. The largest absolute Gasteiger partial charge is 0.396 e. The van der Waals surface area contributed by atoms with Crippen molar-refractivity contribution >= 4 is 12.4 Å². The van der Waals surface area contributed by atoms with E-state index in [0.29, 0.717) is 13.2 Å². The van der Waals surface area contributed by atoms with Crippen LogP contribution in [-0.4, -0.2) is 90.0 Å². The van der Waals surface area contributed by atoms with E-state index in [2.05, 4.69) is 52.6 Å². The van der Waals surface area contributed by atoms with Crippen molar-refractivity contribution in [1.29, 1.82) is 0 Å². The van der Waals surface area contributed by atoms with Crippen molar-refractivity contribution < 1.29 is 18.6 Å². The number of quaternary nitrogens is 2. The van der Waals surface area contributed by atoms with Crippen LogP contribution in [0.2, 0.25) is 0 Å². The van der Waals surface area contributed by atoms with Crippen molar-refractivity contribution in [2.45, 2.75) is 12.8 Å². The van der Waals surface area contributed by atoms with Crippen LogP contribution >= 0.6 is 0 Å². The van der Waals surface area contributed by atoms with Gasteiger partial charge in [-0.15, -0.1) is 0 Å². The monoisotopic (exact) mass is 288 g/mol. The van der Waals surface area contributed by atoms with Crippen molar-refractivity contribution in [3.63, 3.8) is 0 Å². The maximum Gasteiger partial charge on any atom is 0.122 e. The molecule has 118 valence electrons. The van der Waals surface area contributed by atoms with Crippen LogP contribution in [0.1, 0.15) is 12.8 Å². The molecule has 0 aliphatic heterocycles. The van der Waals surface area contributed by atoms with E-state index < -0.39 is 0 Å². The van der Waals surface area contributed by atoms with Crippen molar-refractivity contribution in [1.82, 2.24) is 0 Å². The smallest absolute Gasteiger partial charge is 0.122 e. The Morgan fingerprint density at radius 1 is 0.700 bits per heavy atom. The fourth-order valence-corrected chi connectivity index (χ4v) is 1.45. The highest BCUT2D eigenvalue weighted by Gasteiger charge is 2.05. The average Bonchev–Trinajstić information content (AvgIpc) is 2.27. The minimum atomic E-state index is 0.629. The summed E-state index contributed by atoms with van der Waals surface area (Å²) in [6, 6.07) is 0. The first-order valence-electron chi connectivity index (χ1n) is 7.11. The standard InChI is InChI=1S/C14H32N4O2/c1-17(2,3)11-7-13-19-15-9-10-16-20-14-8-12-18(4,5)6/h9-10H,7-8,11-14H2,1-6H3/q+2/b15-9-,16-10-. The molecule has 0 aliphatic carbocycles. The Morgan fingerprint density at radius 3 is 1.35 bits per heavy atom. The van der Waals surface area contributed by atoms with Crippen LogP contribution in [0.15, 0.2) is 10.3 Å². The topological polar surface area (TPSA) is 43.2 Å². The van der Waals surface area contributed by atoms with Crippen LogP contribution in [0, 0.1) is 0 Å². The average molecular weight is 288 g/mol. The maximum atomic E-state index is 5.11. The van der Waals surface area contributed by atoms with Gasteiger partial charge in [0, 0.05) is 12.8 Å². The highest BCUT2D eigenvalue weighted by molar-refractivity contribution is 6.15. The molecule has 0 radical (unpaired) electrons. The molecule has 0 unspecified atom stereocenters. The van der Waals surface area contributed by atoms with Gasteiger partial charge in [0.2, 0.25) is 0 Å². The summed E-state index contributed by atoms with van der Waals surface area (Å²) in [5.74, 6) is 0. The molecule has 0 amide bonds. The summed E-state index contributed by atoms with van der Waals surface area (Å²) < 4.78 is 1.88. The normalized spacial score (nSPS) is 13.3. The zero-order valence-electron chi connectivity index (χ0n) is 14.0.